The molecule has 1 atom stereocenters. The molecule has 1 aromatic heterocycles. The maximum Gasteiger partial charge on any atom is 0.253 e. The van der Waals surface area contributed by atoms with Crippen LogP contribution in [-0.4, -0.2) is 59.4 Å². The van der Waals surface area contributed by atoms with Crippen LogP contribution in [0, 0.1) is 0 Å². The van der Waals surface area contributed by atoms with E-state index in [-0.39, 0.29) is 17.7 Å². The Bertz CT molecular complexity index is 1050. The zero-order valence-electron chi connectivity index (χ0n) is 16.8. The SMILES string of the molecule is CC(C(N)=O)c1ccc(-n2ccc3cc(C(=O)N4CCN(C)CC4)ccc32)cc1. The highest BCUT2D eigenvalue weighted by Crippen LogP contribution is 2.24. The van der Waals surface area contributed by atoms with Crippen molar-refractivity contribution in [2.24, 2.45) is 5.73 Å². The fourth-order valence-corrected chi connectivity index (χ4v) is 3.78. The van der Waals surface area contributed by atoms with Gasteiger partial charge < -0.3 is 20.1 Å². The van der Waals surface area contributed by atoms with E-state index in [1.165, 1.54) is 0 Å². The van der Waals surface area contributed by atoms with Gasteiger partial charge in [0.15, 0.2) is 0 Å². The summed E-state index contributed by atoms with van der Waals surface area (Å²) in [7, 11) is 2.08. The van der Waals surface area contributed by atoms with E-state index in [4.69, 9.17) is 5.73 Å². The Kier molecular flexibility index (Phi) is 5.11. The molecule has 150 valence electrons. The van der Waals surface area contributed by atoms with E-state index in [2.05, 4.69) is 16.5 Å². The first kappa shape index (κ1) is 19.2. The van der Waals surface area contributed by atoms with Gasteiger partial charge in [0.05, 0.1) is 11.4 Å². The predicted octanol–water partition coefficient (Wildman–Crippen LogP) is 2.61. The van der Waals surface area contributed by atoms with Crippen LogP contribution in [0.4, 0.5) is 0 Å². The first-order valence-corrected chi connectivity index (χ1v) is 9.92. The summed E-state index contributed by atoms with van der Waals surface area (Å²) < 4.78 is 2.08. The fraction of sp³-hybridized carbons (Fsp3) is 0.304. The molecule has 6 heteroatoms. The number of nitrogens with two attached hydrogens (primary N) is 1. The van der Waals surface area contributed by atoms with Crippen LogP contribution in [0.5, 0.6) is 0 Å². The van der Waals surface area contributed by atoms with Gasteiger partial charge in [-0.2, -0.15) is 0 Å². The van der Waals surface area contributed by atoms with Crippen molar-refractivity contribution < 1.29 is 9.59 Å². The quantitative estimate of drug-likeness (QED) is 0.744. The lowest BCUT2D eigenvalue weighted by Gasteiger charge is -2.32. The Morgan fingerprint density at radius 3 is 2.31 bits per heavy atom. The number of carbonyl (C=O) groups is 2. The second kappa shape index (κ2) is 7.72. The molecule has 4 rings (SSSR count). The summed E-state index contributed by atoms with van der Waals surface area (Å²) in [5.41, 5.74) is 9.06. The molecule has 0 aliphatic carbocycles. The first-order valence-electron chi connectivity index (χ1n) is 9.92. The van der Waals surface area contributed by atoms with Crippen LogP contribution in [0.1, 0.15) is 28.8 Å². The second-order valence-electron chi connectivity index (χ2n) is 7.77. The van der Waals surface area contributed by atoms with E-state index < -0.39 is 0 Å². The molecule has 1 saturated heterocycles. The minimum Gasteiger partial charge on any atom is -0.369 e. The van der Waals surface area contributed by atoms with Crippen molar-refractivity contribution >= 4 is 22.7 Å². The summed E-state index contributed by atoms with van der Waals surface area (Å²) in [5.74, 6) is -0.548. The van der Waals surface area contributed by atoms with Gasteiger partial charge in [-0.15, -0.1) is 0 Å². The molecule has 1 fully saturated rings. The first-order chi connectivity index (χ1) is 13.9. The maximum absolute atomic E-state index is 12.8. The third kappa shape index (κ3) is 3.76. The van der Waals surface area contributed by atoms with Gasteiger partial charge in [-0.1, -0.05) is 12.1 Å². The summed E-state index contributed by atoms with van der Waals surface area (Å²) >= 11 is 0. The Morgan fingerprint density at radius 1 is 0.966 bits per heavy atom. The van der Waals surface area contributed by atoms with Crippen molar-refractivity contribution in [3.63, 3.8) is 0 Å². The molecule has 0 radical (unpaired) electrons. The number of aromatic nitrogens is 1. The summed E-state index contributed by atoms with van der Waals surface area (Å²) in [6.45, 7) is 5.17. The standard InChI is InChI=1S/C23H26N4O2/c1-16(22(24)28)17-3-6-20(7-4-17)27-10-9-18-15-19(5-8-21(18)27)23(29)26-13-11-25(2)12-14-26/h3-10,15-16H,11-14H2,1-2H3,(H2,24,28). The van der Waals surface area contributed by atoms with Crippen LogP contribution in [-0.2, 0) is 4.79 Å². The van der Waals surface area contributed by atoms with E-state index >= 15 is 0 Å². The third-order valence-corrected chi connectivity index (χ3v) is 5.83. The molecule has 1 aliphatic heterocycles. The number of likely N-dealkylation sites (N-methyl/N-ethyl adjacent to an activating group) is 1. The van der Waals surface area contributed by atoms with Crippen molar-refractivity contribution in [1.29, 1.82) is 0 Å². The molecule has 2 aromatic carbocycles. The van der Waals surface area contributed by atoms with Gasteiger partial charge in [-0.3, -0.25) is 9.59 Å². The van der Waals surface area contributed by atoms with Gasteiger partial charge in [0, 0.05) is 49.0 Å². The second-order valence-corrected chi connectivity index (χ2v) is 7.77. The Balaban J connectivity index is 1.58. The monoisotopic (exact) mass is 390 g/mol. The van der Waals surface area contributed by atoms with E-state index in [0.29, 0.717) is 0 Å². The third-order valence-electron chi connectivity index (χ3n) is 5.83. The van der Waals surface area contributed by atoms with Gasteiger partial charge in [0.2, 0.25) is 5.91 Å². The Morgan fingerprint density at radius 2 is 1.66 bits per heavy atom. The summed E-state index contributed by atoms with van der Waals surface area (Å²) in [6.07, 6.45) is 2.00. The molecular formula is C23H26N4O2. The van der Waals surface area contributed by atoms with Gasteiger partial charge in [0.25, 0.3) is 5.91 Å². The molecule has 2 N–H and O–H groups in total. The van der Waals surface area contributed by atoms with Crippen LogP contribution in [0.2, 0.25) is 0 Å². The molecule has 2 heterocycles. The highest BCUT2D eigenvalue weighted by molar-refractivity contribution is 5.98. The summed E-state index contributed by atoms with van der Waals surface area (Å²) in [5, 5.41) is 1.03. The topological polar surface area (TPSA) is 71.6 Å². The van der Waals surface area contributed by atoms with Crippen LogP contribution in [0.25, 0.3) is 16.6 Å². The fourth-order valence-electron chi connectivity index (χ4n) is 3.78. The molecule has 3 aromatic rings. The van der Waals surface area contributed by atoms with Crippen molar-refractivity contribution in [3.05, 3.63) is 65.9 Å². The van der Waals surface area contributed by atoms with Crippen LogP contribution in [0.3, 0.4) is 0 Å². The molecule has 6 nitrogen and oxygen atoms in total. The van der Waals surface area contributed by atoms with Gasteiger partial charge in [0.1, 0.15) is 0 Å². The predicted molar refractivity (Wildman–Crippen MR) is 114 cm³/mol. The highest BCUT2D eigenvalue weighted by atomic mass is 16.2. The maximum atomic E-state index is 12.8. The van der Waals surface area contributed by atoms with Crippen molar-refractivity contribution in [1.82, 2.24) is 14.4 Å². The molecule has 0 bridgehead atoms. The lowest BCUT2D eigenvalue weighted by molar-refractivity contribution is -0.119. The number of fused-ring (bicyclic) bond motifs is 1. The minimum absolute atomic E-state index is 0.0949. The van der Waals surface area contributed by atoms with Crippen molar-refractivity contribution in [2.75, 3.05) is 33.2 Å². The number of carbonyl (C=O) groups excluding carboxylic acids is 2. The summed E-state index contributed by atoms with van der Waals surface area (Å²) in [6, 6.07) is 15.7. The van der Waals surface area contributed by atoms with Crippen molar-refractivity contribution in [3.8, 4) is 5.69 Å². The molecule has 0 saturated carbocycles. The number of benzene rings is 2. The molecule has 1 aliphatic rings. The Hall–Kier alpha value is -3.12. The van der Waals surface area contributed by atoms with Gasteiger partial charge in [-0.05, 0) is 55.9 Å². The minimum atomic E-state index is -0.332. The smallest absolute Gasteiger partial charge is 0.253 e. The van der Waals surface area contributed by atoms with E-state index in [1.807, 2.05) is 59.6 Å². The number of hydrogen-bond donors (Lipinski definition) is 1. The largest absolute Gasteiger partial charge is 0.369 e. The van der Waals surface area contributed by atoms with Crippen LogP contribution in [0.15, 0.2) is 54.7 Å². The number of amides is 2. The van der Waals surface area contributed by atoms with E-state index in [0.717, 1.165) is 53.9 Å². The average Bonchev–Trinajstić information content (AvgIpc) is 3.16. The number of nitrogens with zero attached hydrogens (tertiary/aromatic N) is 3. The number of hydrogen-bond acceptors (Lipinski definition) is 3. The summed E-state index contributed by atoms with van der Waals surface area (Å²) in [4.78, 5) is 28.4. The molecular weight excluding hydrogens is 364 g/mol. The number of rotatable bonds is 4. The lowest BCUT2D eigenvalue weighted by Crippen LogP contribution is -2.47. The zero-order chi connectivity index (χ0) is 20.5. The van der Waals surface area contributed by atoms with Gasteiger partial charge in [-0.25, -0.2) is 0 Å². The highest BCUT2D eigenvalue weighted by Gasteiger charge is 2.21. The van der Waals surface area contributed by atoms with Gasteiger partial charge >= 0.3 is 0 Å². The number of primary amides is 1. The van der Waals surface area contributed by atoms with Crippen LogP contribution < -0.4 is 5.73 Å². The average molecular weight is 390 g/mol. The van der Waals surface area contributed by atoms with E-state index in [1.54, 1.807) is 6.92 Å². The van der Waals surface area contributed by atoms with Crippen molar-refractivity contribution in [2.45, 2.75) is 12.8 Å². The number of piperazine rings is 1. The molecule has 1 unspecified atom stereocenters. The zero-order valence-corrected chi connectivity index (χ0v) is 16.8. The molecule has 0 spiro atoms. The van der Waals surface area contributed by atoms with Crippen LogP contribution >= 0.6 is 0 Å². The normalized spacial score (nSPS) is 16.1. The molecule has 2 amide bonds. The lowest BCUT2D eigenvalue weighted by atomic mass is 10.0. The Labute approximate surface area is 170 Å². The van der Waals surface area contributed by atoms with E-state index in [9.17, 15) is 9.59 Å². The molecule has 29 heavy (non-hydrogen) atoms.